The molecule has 0 aliphatic carbocycles. The molecule has 0 spiro atoms. The van der Waals surface area contributed by atoms with Gasteiger partial charge in [0.05, 0.1) is 25.4 Å². The monoisotopic (exact) mass is 1150 g/mol. The first kappa shape index (κ1) is 79.8. The molecule has 0 bridgehead atoms. The Kier molecular flexibility index (Phi) is 69.4. The Morgan fingerprint density at radius 3 is 0.963 bits per heavy atom. The molecule has 82 heavy (non-hydrogen) atoms. The van der Waals surface area contributed by atoms with Crippen molar-refractivity contribution >= 4 is 11.9 Å². The molecule has 0 aromatic rings. The van der Waals surface area contributed by atoms with Gasteiger partial charge in [-0.1, -0.05) is 351 Å². The quantitative estimate of drug-likeness (QED) is 0.0320. The molecule has 6 nitrogen and oxygen atoms in total. The standard InChI is InChI=1S/C76H143NO5/c1-3-5-7-9-11-13-15-17-44-48-52-56-60-64-68-74(79)73(72-78)77-75(80)69-65-61-57-53-49-45-42-40-38-36-34-32-30-28-26-24-22-20-19-21-23-25-27-29-31-33-35-37-39-41-43-47-51-55-59-63-67-71-82-76(81)70-66-62-58-54-50-46-18-16-14-12-10-8-6-4-2/h10,12,16,18-19,21,25,27,73-74,78-79H,3-9,11,13-15,17,20,22-24,26,28-72H2,1-2H3,(H,77,80)/b12-10-,18-16-,21-19-,27-25-. The highest BCUT2D eigenvalue weighted by atomic mass is 16.5. The molecule has 2 atom stereocenters. The Bertz CT molecular complexity index is 1370. The highest BCUT2D eigenvalue weighted by Crippen LogP contribution is 2.19. The summed E-state index contributed by atoms with van der Waals surface area (Å²) in [6, 6.07) is -0.539. The van der Waals surface area contributed by atoms with Crippen molar-refractivity contribution in [3.63, 3.8) is 0 Å². The predicted octanol–water partition coefficient (Wildman–Crippen LogP) is 24.0. The lowest BCUT2D eigenvalue weighted by atomic mass is 10.0. The molecule has 0 fully saturated rings. The molecule has 0 saturated heterocycles. The van der Waals surface area contributed by atoms with Gasteiger partial charge >= 0.3 is 5.97 Å². The van der Waals surface area contributed by atoms with Gasteiger partial charge in [0.2, 0.25) is 5.91 Å². The summed E-state index contributed by atoms with van der Waals surface area (Å²) in [5.41, 5.74) is 0. The lowest BCUT2D eigenvalue weighted by molar-refractivity contribution is -0.143. The number of hydrogen-bond acceptors (Lipinski definition) is 5. The molecule has 2 unspecified atom stereocenters. The lowest BCUT2D eigenvalue weighted by Gasteiger charge is -2.22. The van der Waals surface area contributed by atoms with Gasteiger partial charge in [0.25, 0.3) is 0 Å². The molecule has 0 heterocycles. The van der Waals surface area contributed by atoms with Crippen molar-refractivity contribution in [2.75, 3.05) is 13.2 Å². The second-order valence-electron chi connectivity index (χ2n) is 25.3. The smallest absolute Gasteiger partial charge is 0.305 e. The van der Waals surface area contributed by atoms with Crippen LogP contribution >= 0.6 is 0 Å². The van der Waals surface area contributed by atoms with E-state index in [1.54, 1.807) is 0 Å². The summed E-state index contributed by atoms with van der Waals surface area (Å²) in [6.45, 7) is 4.93. The number of allylic oxidation sites excluding steroid dienone is 8. The third-order valence-corrected chi connectivity index (χ3v) is 17.1. The van der Waals surface area contributed by atoms with E-state index in [9.17, 15) is 19.8 Å². The van der Waals surface area contributed by atoms with Crippen molar-refractivity contribution in [3.05, 3.63) is 48.6 Å². The normalized spacial score (nSPS) is 12.8. The molecule has 482 valence electrons. The number of esters is 1. The van der Waals surface area contributed by atoms with Crippen LogP contribution in [0, 0.1) is 0 Å². The van der Waals surface area contributed by atoms with Gasteiger partial charge in [-0.15, -0.1) is 0 Å². The third kappa shape index (κ3) is 67.0. The van der Waals surface area contributed by atoms with Crippen LogP contribution in [0.25, 0.3) is 0 Å². The van der Waals surface area contributed by atoms with E-state index >= 15 is 0 Å². The molecule has 0 aromatic carbocycles. The van der Waals surface area contributed by atoms with Crippen LogP contribution in [0.3, 0.4) is 0 Å². The van der Waals surface area contributed by atoms with Crippen LogP contribution < -0.4 is 5.32 Å². The largest absolute Gasteiger partial charge is 0.466 e. The summed E-state index contributed by atoms with van der Waals surface area (Å²) in [4.78, 5) is 24.6. The zero-order valence-electron chi connectivity index (χ0n) is 55.2. The van der Waals surface area contributed by atoms with E-state index in [1.807, 2.05) is 0 Å². The summed E-state index contributed by atoms with van der Waals surface area (Å²) < 4.78 is 5.48. The fourth-order valence-electron chi connectivity index (χ4n) is 11.5. The van der Waals surface area contributed by atoms with E-state index in [1.165, 1.54) is 308 Å². The van der Waals surface area contributed by atoms with Crippen LogP contribution in [0.5, 0.6) is 0 Å². The molecule has 0 saturated carbocycles. The Labute approximate surface area is 512 Å². The fourth-order valence-corrected chi connectivity index (χ4v) is 11.5. The summed E-state index contributed by atoms with van der Waals surface area (Å²) in [5.74, 6) is -0.0260. The summed E-state index contributed by atoms with van der Waals surface area (Å²) in [5, 5.41) is 23.3. The first-order valence-electron chi connectivity index (χ1n) is 36.9. The molecule has 6 heteroatoms. The topological polar surface area (TPSA) is 95.9 Å². The Morgan fingerprint density at radius 1 is 0.341 bits per heavy atom. The van der Waals surface area contributed by atoms with Crippen LogP contribution in [0.4, 0.5) is 0 Å². The first-order valence-corrected chi connectivity index (χ1v) is 36.9. The van der Waals surface area contributed by atoms with Crippen molar-refractivity contribution in [1.29, 1.82) is 0 Å². The van der Waals surface area contributed by atoms with Crippen molar-refractivity contribution in [1.82, 2.24) is 5.32 Å². The van der Waals surface area contributed by atoms with E-state index in [4.69, 9.17) is 4.74 Å². The van der Waals surface area contributed by atoms with Gasteiger partial charge in [0.1, 0.15) is 0 Å². The Balaban J connectivity index is 3.36. The number of nitrogens with one attached hydrogen (secondary N) is 1. The molecule has 0 aromatic heterocycles. The third-order valence-electron chi connectivity index (χ3n) is 17.1. The highest BCUT2D eigenvalue weighted by Gasteiger charge is 2.20. The fraction of sp³-hybridized carbons (Fsp3) is 0.868. The van der Waals surface area contributed by atoms with Gasteiger partial charge in [-0.3, -0.25) is 9.59 Å². The number of carbonyl (C=O) groups excluding carboxylic acids is 2. The van der Waals surface area contributed by atoms with Crippen molar-refractivity contribution < 1.29 is 24.5 Å². The minimum atomic E-state index is -0.662. The van der Waals surface area contributed by atoms with Crippen LogP contribution in [0.1, 0.15) is 399 Å². The SMILES string of the molecule is CCCC/C=C\C/C=C\CCCCCCCC(=O)OCCCCCCCCCCCCCCC/C=C\C/C=C\CCCCCCCCCCCCCCCCCCCC(=O)NC(CO)C(O)CCCCCCCCCCCCCCCC. The minimum Gasteiger partial charge on any atom is -0.466 e. The molecular weight excluding hydrogens is 1010 g/mol. The van der Waals surface area contributed by atoms with E-state index < -0.39 is 12.1 Å². The number of carbonyl (C=O) groups is 2. The second-order valence-corrected chi connectivity index (χ2v) is 25.3. The van der Waals surface area contributed by atoms with Gasteiger partial charge in [-0.2, -0.15) is 0 Å². The molecule has 0 aliphatic heterocycles. The lowest BCUT2D eigenvalue weighted by Crippen LogP contribution is -2.45. The molecule has 3 N–H and O–H groups in total. The number of amides is 1. The first-order chi connectivity index (χ1) is 40.5. The molecule has 0 radical (unpaired) electrons. The maximum absolute atomic E-state index is 12.5. The van der Waals surface area contributed by atoms with Crippen LogP contribution in [0.15, 0.2) is 48.6 Å². The van der Waals surface area contributed by atoms with E-state index in [-0.39, 0.29) is 18.5 Å². The summed E-state index contributed by atoms with van der Waals surface area (Å²) >= 11 is 0. The van der Waals surface area contributed by atoms with Gasteiger partial charge < -0.3 is 20.3 Å². The second kappa shape index (κ2) is 71.3. The molecule has 0 aliphatic rings. The van der Waals surface area contributed by atoms with E-state index in [0.29, 0.717) is 25.9 Å². The summed E-state index contributed by atoms with van der Waals surface area (Å²) in [7, 11) is 0. The molecule has 0 rings (SSSR count). The van der Waals surface area contributed by atoms with Crippen LogP contribution in [0.2, 0.25) is 0 Å². The van der Waals surface area contributed by atoms with Crippen molar-refractivity contribution in [2.45, 2.75) is 411 Å². The van der Waals surface area contributed by atoms with Gasteiger partial charge in [0.15, 0.2) is 0 Å². The maximum atomic E-state index is 12.5. The number of aliphatic hydroxyl groups excluding tert-OH is 2. The minimum absolute atomic E-state index is 0.00415. The number of hydrogen-bond donors (Lipinski definition) is 3. The van der Waals surface area contributed by atoms with Crippen LogP contribution in [-0.4, -0.2) is 47.4 Å². The Hall–Kier alpha value is -2.18. The average Bonchev–Trinajstić information content (AvgIpc) is 3.48. The highest BCUT2D eigenvalue weighted by molar-refractivity contribution is 5.76. The van der Waals surface area contributed by atoms with Gasteiger partial charge in [0, 0.05) is 12.8 Å². The van der Waals surface area contributed by atoms with Crippen LogP contribution in [-0.2, 0) is 14.3 Å². The molecular formula is C76H143NO5. The summed E-state index contributed by atoms with van der Waals surface area (Å²) in [6.07, 6.45) is 93.3. The van der Waals surface area contributed by atoms with Crippen molar-refractivity contribution in [2.24, 2.45) is 0 Å². The maximum Gasteiger partial charge on any atom is 0.305 e. The number of rotatable bonds is 69. The molecule has 1 amide bonds. The van der Waals surface area contributed by atoms with Gasteiger partial charge in [-0.25, -0.2) is 0 Å². The van der Waals surface area contributed by atoms with E-state index in [2.05, 4.69) is 67.8 Å². The van der Waals surface area contributed by atoms with Crippen molar-refractivity contribution in [3.8, 4) is 0 Å². The van der Waals surface area contributed by atoms with E-state index in [0.717, 1.165) is 57.8 Å². The number of unbranched alkanes of at least 4 members (excludes halogenated alkanes) is 50. The average molecular weight is 1150 g/mol. The number of ether oxygens (including phenoxy) is 1. The van der Waals surface area contributed by atoms with Gasteiger partial charge in [-0.05, 0) is 83.5 Å². The predicted molar refractivity (Wildman–Crippen MR) is 361 cm³/mol. The Morgan fingerprint density at radius 2 is 0.622 bits per heavy atom. The number of aliphatic hydroxyl groups is 2. The zero-order valence-corrected chi connectivity index (χ0v) is 55.2. The zero-order chi connectivity index (χ0) is 59.2.